The first-order valence-electron chi connectivity index (χ1n) is 8.01. The molecule has 3 heterocycles. The summed E-state index contributed by atoms with van der Waals surface area (Å²) in [4.78, 5) is 0. The van der Waals surface area contributed by atoms with Crippen molar-refractivity contribution in [2.75, 3.05) is 0 Å². The molecule has 116 valence electrons. The Hall–Kier alpha value is -2.23. The van der Waals surface area contributed by atoms with Gasteiger partial charge in [-0.3, -0.25) is 0 Å². The van der Waals surface area contributed by atoms with Gasteiger partial charge in [-0.05, 0) is 40.8 Å². The highest BCUT2D eigenvalue weighted by molar-refractivity contribution is 7.32. The Morgan fingerprint density at radius 1 is 0.875 bits per heavy atom. The lowest BCUT2D eigenvalue weighted by Crippen LogP contribution is -2.30. The number of thiophene rings is 2. The van der Waals surface area contributed by atoms with Crippen LogP contribution in [-0.4, -0.2) is 0 Å². The molecule has 5 aromatic rings. The van der Waals surface area contributed by atoms with Gasteiger partial charge in [-0.15, -0.1) is 22.7 Å². The monoisotopic (exact) mass is 346 g/mol. The lowest BCUT2D eigenvalue weighted by atomic mass is 9.97. The Bertz CT molecular complexity index is 1230. The highest BCUT2D eigenvalue weighted by Gasteiger charge is 2.21. The van der Waals surface area contributed by atoms with E-state index in [1.54, 1.807) is 0 Å². The van der Waals surface area contributed by atoms with Crippen molar-refractivity contribution >= 4 is 52.9 Å². The van der Waals surface area contributed by atoms with Gasteiger partial charge in [-0.2, -0.15) is 4.57 Å². The normalized spacial score (nSPS) is 11.8. The average Bonchev–Trinajstić information content (AvgIpc) is 3.17. The van der Waals surface area contributed by atoms with E-state index in [9.17, 15) is 0 Å². The largest absolute Gasteiger partial charge is 0.230 e. The number of nitrogens with zero attached hydrogens (tertiary/aromatic N) is 1. The molecular formula is C21H16NS2+. The first-order chi connectivity index (χ1) is 11.7. The molecule has 0 fully saturated rings. The maximum absolute atomic E-state index is 2.28. The second-order valence-corrected chi connectivity index (χ2v) is 8.16. The molecule has 0 N–H and O–H groups in total. The van der Waals surface area contributed by atoms with Crippen molar-refractivity contribution in [1.82, 2.24) is 0 Å². The van der Waals surface area contributed by atoms with Gasteiger partial charge < -0.3 is 0 Å². The van der Waals surface area contributed by atoms with Crippen LogP contribution in [0.2, 0.25) is 0 Å². The summed E-state index contributed by atoms with van der Waals surface area (Å²) in [6.07, 6.45) is 2.19. The fourth-order valence-electron chi connectivity index (χ4n) is 3.59. The lowest BCUT2D eigenvalue weighted by molar-refractivity contribution is -0.659. The van der Waals surface area contributed by atoms with Gasteiger partial charge in [0.05, 0.1) is 10.3 Å². The summed E-state index contributed by atoms with van der Waals surface area (Å²) in [7, 11) is 2.15. The lowest BCUT2D eigenvalue weighted by Gasteiger charge is -2.09. The first kappa shape index (κ1) is 14.1. The summed E-state index contributed by atoms with van der Waals surface area (Å²) in [6, 6.07) is 17.7. The molecular weight excluding hydrogens is 330 g/mol. The number of benzene rings is 2. The molecule has 1 nitrogen and oxygen atoms in total. The van der Waals surface area contributed by atoms with Crippen LogP contribution >= 0.6 is 22.7 Å². The maximum atomic E-state index is 2.28. The van der Waals surface area contributed by atoms with E-state index >= 15 is 0 Å². The third kappa shape index (κ3) is 1.89. The van der Waals surface area contributed by atoms with Gasteiger partial charge >= 0.3 is 0 Å². The summed E-state index contributed by atoms with van der Waals surface area (Å²) < 4.78 is 6.45. The molecule has 0 spiro atoms. The third-order valence-electron chi connectivity index (χ3n) is 4.82. The highest BCUT2D eigenvalue weighted by atomic mass is 32.1. The Morgan fingerprint density at radius 3 is 2.67 bits per heavy atom. The molecule has 0 aliphatic heterocycles. The molecule has 0 saturated carbocycles. The van der Waals surface area contributed by atoms with Gasteiger partial charge in [-0.25, -0.2) is 0 Å². The first-order valence-corrected chi connectivity index (χ1v) is 9.71. The topological polar surface area (TPSA) is 3.88 Å². The van der Waals surface area contributed by atoms with Gasteiger partial charge in [0.15, 0.2) is 6.20 Å². The van der Waals surface area contributed by atoms with Crippen LogP contribution in [0.3, 0.4) is 0 Å². The van der Waals surface area contributed by atoms with Crippen LogP contribution in [0.5, 0.6) is 0 Å². The number of hydrogen-bond acceptors (Lipinski definition) is 2. The molecule has 3 aromatic heterocycles. The SMILES string of the molecule is Cc1c(-c2c3sc4ccsc4c3cc[n+]2C)ccc2ccccc12. The minimum absolute atomic E-state index is 1.31. The zero-order chi connectivity index (χ0) is 16.3. The summed E-state index contributed by atoms with van der Waals surface area (Å²) in [6.45, 7) is 2.24. The van der Waals surface area contributed by atoms with Crippen molar-refractivity contribution in [1.29, 1.82) is 0 Å². The van der Waals surface area contributed by atoms with Crippen molar-refractivity contribution in [2.45, 2.75) is 6.92 Å². The molecule has 2 aromatic carbocycles. The van der Waals surface area contributed by atoms with Gasteiger partial charge in [-0.1, -0.05) is 30.3 Å². The summed E-state index contributed by atoms with van der Waals surface area (Å²) in [5.41, 5.74) is 4.01. The Morgan fingerprint density at radius 2 is 1.75 bits per heavy atom. The van der Waals surface area contributed by atoms with E-state index in [2.05, 4.69) is 78.6 Å². The van der Waals surface area contributed by atoms with Crippen LogP contribution in [-0.2, 0) is 7.05 Å². The van der Waals surface area contributed by atoms with E-state index in [1.165, 1.54) is 47.1 Å². The van der Waals surface area contributed by atoms with Crippen LogP contribution < -0.4 is 4.57 Å². The molecule has 0 aliphatic carbocycles. The Labute approximate surface area is 148 Å². The van der Waals surface area contributed by atoms with Crippen molar-refractivity contribution in [3.05, 3.63) is 65.7 Å². The van der Waals surface area contributed by atoms with E-state index in [0.717, 1.165) is 0 Å². The molecule has 0 bridgehead atoms. The molecule has 0 atom stereocenters. The predicted octanol–water partition coefficient (Wildman–Crippen LogP) is 6.07. The zero-order valence-corrected chi connectivity index (χ0v) is 15.2. The molecule has 5 rings (SSSR count). The van der Waals surface area contributed by atoms with Crippen molar-refractivity contribution in [3.8, 4) is 11.3 Å². The number of aromatic nitrogens is 1. The van der Waals surface area contributed by atoms with Crippen LogP contribution in [0, 0.1) is 6.92 Å². The number of pyridine rings is 1. The number of fused-ring (bicyclic) bond motifs is 4. The minimum Gasteiger partial charge on any atom is -0.200 e. The Balaban J connectivity index is 1.92. The van der Waals surface area contributed by atoms with Crippen LogP contribution in [0.4, 0.5) is 0 Å². The quantitative estimate of drug-likeness (QED) is 0.324. The second-order valence-electron chi connectivity index (χ2n) is 6.19. The van der Waals surface area contributed by atoms with Crippen molar-refractivity contribution in [2.24, 2.45) is 7.05 Å². The predicted molar refractivity (Wildman–Crippen MR) is 106 cm³/mol. The van der Waals surface area contributed by atoms with Crippen LogP contribution in [0.25, 0.3) is 41.5 Å². The minimum atomic E-state index is 1.31. The second kappa shape index (κ2) is 5.13. The highest BCUT2D eigenvalue weighted by Crippen LogP contribution is 2.41. The molecule has 0 unspecified atom stereocenters. The smallest absolute Gasteiger partial charge is 0.200 e. The van der Waals surface area contributed by atoms with Gasteiger partial charge in [0.1, 0.15) is 11.7 Å². The Kier molecular flexibility index (Phi) is 3.02. The summed E-state index contributed by atoms with van der Waals surface area (Å²) >= 11 is 3.75. The molecule has 24 heavy (non-hydrogen) atoms. The van der Waals surface area contributed by atoms with E-state index in [0.29, 0.717) is 0 Å². The van der Waals surface area contributed by atoms with Crippen molar-refractivity contribution < 1.29 is 4.57 Å². The van der Waals surface area contributed by atoms with E-state index in [-0.39, 0.29) is 0 Å². The van der Waals surface area contributed by atoms with Gasteiger partial charge in [0.2, 0.25) is 5.69 Å². The standard InChI is InChI=1S/C21H16NS2/c1-13-15-6-4-3-5-14(15)7-8-16(13)19-21-17(9-11-22(19)2)20-18(24-21)10-12-23-20/h3-12H,1-2H3/q+1. The fourth-order valence-corrected chi connectivity index (χ4v) is 6.02. The number of aryl methyl sites for hydroxylation is 2. The maximum Gasteiger partial charge on any atom is 0.230 e. The molecule has 0 aliphatic rings. The van der Waals surface area contributed by atoms with Crippen molar-refractivity contribution in [3.63, 3.8) is 0 Å². The molecule has 3 heteroatoms. The van der Waals surface area contributed by atoms with E-state index in [1.807, 2.05) is 22.7 Å². The van der Waals surface area contributed by atoms with Gasteiger partial charge in [0.25, 0.3) is 0 Å². The number of hydrogen-bond donors (Lipinski definition) is 0. The summed E-state index contributed by atoms with van der Waals surface area (Å²) in [5.74, 6) is 0. The van der Waals surface area contributed by atoms with E-state index < -0.39 is 0 Å². The third-order valence-corrected chi connectivity index (χ3v) is 7.07. The molecule has 0 saturated heterocycles. The van der Waals surface area contributed by atoms with Gasteiger partial charge in [0, 0.05) is 16.2 Å². The van der Waals surface area contributed by atoms with Crippen LogP contribution in [0.15, 0.2) is 60.1 Å². The van der Waals surface area contributed by atoms with E-state index in [4.69, 9.17) is 0 Å². The zero-order valence-electron chi connectivity index (χ0n) is 13.5. The number of rotatable bonds is 1. The average molecular weight is 347 g/mol. The summed E-state index contributed by atoms with van der Waals surface area (Å²) in [5, 5.41) is 6.21. The van der Waals surface area contributed by atoms with Crippen LogP contribution in [0.1, 0.15) is 5.56 Å². The molecule has 0 amide bonds. The fraction of sp³-hybridized carbons (Fsp3) is 0.0952. The molecule has 0 radical (unpaired) electrons.